The highest BCUT2D eigenvalue weighted by molar-refractivity contribution is 6.11. The van der Waals surface area contributed by atoms with Gasteiger partial charge in [-0.2, -0.15) is 26.9 Å². The number of methoxy groups -OCH3 is 1. The van der Waals surface area contributed by atoms with Crippen molar-refractivity contribution in [3.63, 3.8) is 0 Å². The Hall–Kier alpha value is -4.96. The Bertz CT molecular complexity index is 1760. The van der Waals surface area contributed by atoms with Gasteiger partial charge in [0.05, 0.1) is 30.2 Å². The number of hydrogen-bond donors (Lipinski definition) is 3. The molecular weight excluding hydrogens is 651 g/mol. The number of nitrogens with one attached hydrogen (secondary N) is 3. The van der Waals surface area contributed by atoms with Crippen LogP contribution in [0.3, 0.4) is 0 Å². The van der Waals surface area contributed by atoms with Gasteiger partial charge in [-0.05, 0) is 48.0 Å². The van der Waals surface area contributed by atoms with Crippen LogP contribution in [-0.4, -0.2) is 75.2 Å². The summed E-state index contributed by atoms with van der Waals surface area (Å²) >= 11 is 0. The zero-order valence-corrected chi connectivity index (χ0v) is 24.4. The fourth-order valence-electron chi connectivity index (χ4n) is 4.40. The number of carbonyl (C=O) groups excluding carboxylic acids is 2. The number of halogens is 9. The maximum absolute atomic E-state index is 14.0. The molecule has 0 spiro atoms. The van der Waals surface area contributed by atoms with Gasteiger partial charge in [-0.3, -0.25) is 9.59 Å². The number of carbonyl (C=O) groups is 2. The summed E-state index contributed by atoms with van der Waals surface area (Å²) in [6.45, 7) is -6.84. The molecule has 0 aliphatic rings. The predicted molar refractivity (Wildman–Crippen MR) is 152 cm³/mol. The number of fused-ring (bicyclic) bond motifs is 1. The molecule has 0 saturated carbocycles. The van der Waals surface area contributed by atoms with Gasteiger partial charge in [-0.25, -0.2) is 17.6 Å². The van der Waals surface area contributed by atoms with E-state index in [2.05, 4.69) is 10.3 Å². The molecule has 0 atom stereocenters. The average Bonchev–Trinajstić information content (AvgIpc) is 3.43. The minimum absolute atomic E-state index is 0.0695. The van der Waals surface area contributed by atoms with E-state index in [0.29, 0.717) is 0 Å². The monoisotopic (exact) mass is 676 g/mol. The van der Waals surface area contributed by atoms with Crippen molar-refractivity contribution in [3.8, 4) is 28.2 Å². The van der Waals surface area contributed by atoms with E-state index in [-0.39, 0.29) is 39.1 Å². The quantitative estimate of drug-likeness (QED) is 0.145. The number of furan rings is 1. The molecule has 2 aromatic carbocycles. The first-order valence-electron chi connectivity index (χ1n) is 13.5. The van der Waals surface area contributed by atoms with E-state index >= 15 is 0 Å². The van der Waals surface area contributed by atoms with Crippen molar-refractivity contribution in [1.29, 1.82) is 0 Å². The summed E-state index contributed by atoms with van der Waals surface area (Å²) in [7, 11) is 2.41. The topological polar surface area (TPSA) is 105 Å². The van der Waals surface area contributed by atoms with Crippen molar-refractivity contribution in [2.75, 3.05) is 46.0 Å². The molecule has 0 unspecified atom stereocenters. The maximum atomic E-state index is 14.0. The van der Waals surface area contributed by atoms with Crippen LogP contribution in [0.2, 0.25) is 0 Å². The van der Waals surface area contributed by atoms with E-state index in [1.54, 1.807) is 0 Å². The third-order valence-corrected chi connectivity index (χ3v) is 7.04. The highest BCUT2D eigenvalue weighted by Crippen LogP contribution is 2.40. The first kappa shape index (κ1) is 34.9. The van der Waals surface area contributed by atoms with Gasteiger partial charge >= 0.3 is 12.1 Å². The summed E-state index contributed by atoms with van der Waals surface area (Å²) in [5.41, 5.74) is -3.66. The molecule has 2 aromatic heterocycles. The zero-order chi connectivity index (χ0) is 34.7. The van der Waals surface area contributed by atoms with Crippen molar-refractivity contribution >= 4 is 28.7 Å². The molecule has 0 saturated heterocycles. The molecule has 4 aromatic rings. The summed E-state index contributed by atoms with van der Waals surface area (Å²) in [6.07, 6.45) is -5.95. The minimum Gasteiger partial charge on any atom is -0.496 e. The van der Waals surface area contributed by atoms with Gasteiger partial charge < -0.3 is 25.1 Å². The van der Waals surface area contributed by atoms with Crippen molar-refractivity contribution in [2.45, 2.75) is 17.6 Å². The molecular formula is C30H25F9N4O4. The zero-order valence-electron chi connectivity index (χ0n) is 24.4. The summed E-state index contributed by atoms with van der Waals surface area (Å²) in [4.78, 5) is 30.2. The van der Waals surface area contributed by atoms with Gasteiger partial charge in [-0.15, -0.1) is 0 Å². The third kappa shape index (κ3) is 6.92. The summed E-state index contributed by atoms with van der Waals surface area (Å²) in [5.74, 6) is -8.76. The van der Waals surface area contributed by atoms with Gasteiger partial charge in [0, 0.05) is 18.2 Å². The number of pyridine rings is 1. The highest BCUT2D eigenvalue weighted by atomic mass is 19.4. The minimum atomic E-state index is -5.95. The SMILES string of the molecule is CNC(=O)c1c(-c2ccc(F)cc2)oc2nc(NCC(F)(F)C(F)(F)F)c(-c3ccc(OC)c(C(=O)NC(CF)(CF)CF)c3)cc12. The fraction of sp³-hybridized carbons (Fsp3) is 0.300. The number of benzene rings is 2. The van der Waals surface area contributed by atoms with Gasteiger partial charge in [0.2, 0.25) is 5.71 Å². The van der Waals surface area contributed by atoms with Crippen molar-refractivity contribution in [2.24, 2.45) is 0 Å². The molecule has 0 fully saturated rings. The van der Waals surface area contributed by atoms with Crippen LogP contribution < -0.4 is 20.7 Å². The lowest BCUT2D eigenvalue weighted by Gasteiger charge is -2.26. The molecule has 0 aliphatic heterocycles. The van der Waals surface area contributed by atoms with Crippen LogP contribution >= 0.6 is 0 Å². The Labute approximate surface area is 260 Å². The van der Waals surface area contributed by atoms with Crippen LogP contribution in [0.4, 0.5) is 45.3 Å². The second kappa shape index (κ2) is 13.4. The lowest BCUT2D eigenvalue weighted by atomic mass is 9.98. The first-order valence-corrected chi connectivity index (χ1v) is 13.5. The lowest BCUT2D eigenvalue weighted by molar-refractivity contribution is -0.275. The van der Waals surface area contributed by atoms with Gasteiger partial charge in [0.15, 0.2) is 0 Å². The molecule has 4 rings (SSSR count). The second-order valence-corrected chi connectivity index (χ2v) is 10.2. The molecule has 0 bridgehead atoms. The second-order valence-electron chi connectivity index (χ2n) is 10.2. The van der Waals surface area contributed by atoms with Crippen LogP contribution in [0, 0.1) is 5.82 Å². The van der Waals surface area contributed by atoms with E-state index in [0.717, 1.165) is 31.4 Å². The lowest BCUT2D eigenvalue weighted by Crippen LogP contribution is -2.54. The first-order chi connectivity index (χ1) is 22.1. The van der Waals surface area contributed by atoms with Gasteiger partial charge in [-0.1, -0.05) is 6.07 Å². The summed E-state index contributed by atoms with van der Waals surface area (Å²) in [5, 5.41) is 6.18. The Morgan fingerprint density at radius 1 is 0.894 bits per heavy atom. The molecule has 47 heavy (non-hydrogen) atoms. The normalized spacial score (nSPS) is 12.2. The standard InChI is InChI=1S/C30H25F9N4O4/c1-40-26(45)22-20-10-18(16-5-8-21(46-2)19(9-16)25(44)43-28(11-31,12-32)13-33)24(41-14-29(35,36)30(37,38)39)42-27(20)47-23(22)15-3-6-17(34)7-4-15/h3-10H,11-14H2,1-2H3,(H,40,45)(H,41,42)(H,43,44). The highest BCUT2D eigenvalue weighted by Gasteiger charge is 2.57. The van der Waals surface area contributed by atoms with Crippen LogP contribution in [0.5, 0.6) is 5.75 Å². The van der Waals surface area contributed by atoms with E-state index in [9.17, 15) is 49.1 Å². The summed E-state index contributed by atoms with van der Waals surface area (Å²) in [6, 6.07) is 9.28. The molecule has 2 heterocycles. The number of amides is 2. The van der Waals surface area contributed by atoms with Crippen molar-refractivity contribution < 1.29 is 58.3 Å². The van der Waals surface area contributed by atoms with Gasteiger partial charge in [0.25, 0.3) is 11.8 Å². The smallest absolute Gasteiger partial charge is 0.455 e. The van der Waals surface area contributed by atoms with Crippen LogP contribution in [0.15, 0.2) is 52.9 Å². The average molecular weight is 677 g/mol. The Balaban J connectivity index is 1.97. The molecule has 3 N–H and O–H groups in total. The molecule has 0 aliphatic carbocycles. The number of alkyl halides is 8. The van der Waals surface area contributed by atoms with Crippen LogP contribution in [0.1, 0.15) is 20.7 Å². The number of aromatic nitrogens is 1. The number of nitrogens with zero attached hydrogens (tertiary/aromatic N) is 1. The molecule has 17 heteroatoms. The summed E-state index contributed by atoms with van der Waals surface area (Å²) < 4.78 is 132. The van der Waals surface area contributed by atoms with Crippen LogP contribution in [-0.2, 0) is 0 Å². The van der Waals surface area contributed by atoms with Crippen LogP contribution in [0.25, 0.3) is 33.6 Å². The largest absolute Gasteiger partial charge is 0.496 e. The Kier molecular flexibility index (Phi) is 9.96. The van der Waals surface area contributed by atoms with E-state index in [1.807, 2.05) is 10.6 Å². The third-order valence-electron chi connectivity index (χ3n) is 7.04. The van der Waals surface area contributed by atoms with Crippen molar-refractivity contribution in [3.05, 3.63) is 65.5 Å². The Morgan fingerprint density at radius 2 is 1.51 bits per heavy atom. The molecule has 252 valence electrons. The fourth-order valence-corrected chi connectivity index (χ4v) is 4.40. The van der Waals surface area contributed by atoms with E-state index in [1.165, 1.54) is 31.3 Å². The molecule has 0 radical (unpaired) electrons. The number of ether oxygens (including phenoxy) is 1. The van der Waals surface area contributed by atoms with E-state index in [4.69, 9.17) is 9.15 Å². The Morgan fingerprint density at radius 3 is 2.06 bits per heavy atom. The molecule has 2 amide bonds. The number of rotatable bonds is 12. The number of hydrogen-bond acceptors (Lipinski definition) is 6. The predicted octanol–water partition coefficient (Wildman–Crippen LogP) is 6.66. The number of anilines is 1. The maximum Gasteiger partial charge on any atom is 0.455 e. The molecule has 8 nitrogen and oxygen atoms in total. The van der Waals surface area contributed by atoms with Crippen molar-refractivity contribution in [1.82, 2.24) is 15.6 Å². The van der Waals surface area contributed by atoms with Gasteiger partial charge in [0.1, 0.15) is 48.7 Å². The van der Waals surface area contributed by atoms with E-state index < -0.39 is 78.9 Å².